The number of aromatic nitrogens is 2. The Morgan fingerprint density at radius 2 is 2.31 bits per heavy atom. The highest BCUT2D eigenvalue weighted by atomic mass is 16.6. The molecule has 0 radical (unpaired) electrons. The van der Waals surface area contributed by atoms with Crippen molar-refractivity contribution in [2.75, 3.05) is 13.1 Å². The van der Waals surface area contributed by atoms with Crippen molar-refractivity contribution in [1.29, 1.82) is 0 Å². The van der Waals surface area contributed by atoms with Crippen LogP contribution in [0.15, 0.2) is 18.7 Å². The first-order valence-electron chi connectivity index (χ1n) is 5.11. The summed E-state index contributed by atoms with van der Waals surface area (Å²) in [6, 6.07) is 0. The first kappa shape index (κ1) is 10.7. The smallest absolute Gasteiger partial charge is 0.419 e. The second-order valence-electron chi connectivity index (χ2n) is 3.73. The van der Waals surface area contributed by atoms with Gasteiger partial charge in [0.05, 0.1) is 6.54 Å². The first-order chi connectivity index (χ1) is 7.66. The largest absolute Gasteiger partial charge is 0.444 e. The number of nitrogens with zero attached hydrogens (tertiary/aromatic N) is 3. The molecule has 1 aliphatic heterocycles. The third-order valence-electron chi connectivity index (χ3n) is 2.57. The molecule has 0 N–H and O–H groups in total. The maximum atomic E-state index is 11.5. The zero-order valence-corrected chi connectivity index (χ0v) is 9.00. The number of carbonyl (C=O) groups is 2. The van der Waals surface area contributed by atoms with Crippen molar-refractivity contribution in [3.05, 3.63) is 18.7 Å². The molecule has 1 fully saturated rings. The van der Waals surface area contributed by atoms with Gasteiger partial charge in [-0.15, -0.1) is 0 Å². The molecule has 1 unspecified atom stereocenters. The molecule has 1 saturated heterocycles. The van der Waals surface area contributed by atoms with Gasteiger partial charge in [0.25, 0.3) is 0 Å². The molecule has 1 aliphatic rings. The Hall–Kier alpha value is -1.85. The van der Waals surface area contributed by atoms with Crippen LogP contribution >= 0.6 is 0 Å². The molecule has 0 spiro atoms. The van der Waals surface area contributed by atoms with Crippen LogP contribution in [0.4, 0.5) is 4.79 Å². The van der Waals surface area contributed by atoms with E-state index >= 15 is 0 Å². The average Bonchev–Trinajstić information content (AvgIpc) is 2.87. The van der Waals surface area contributed by atoms with Crippen molar-refractivity contribution >= 4 is 12.0 Å². The lowest BCUT2D eigenvalue weighted by atomic mass is 10.3. The molecule has 0 bridgehead atoms. The van der Waals surface area contributed by atoms with Crippen molar-refractivity contribution in [2.45, 2.75) is 19.4 Å². The van der Waals surface area contributed by atoms with Crippen LogP contribution in [0, 0.1) is 0 Å². The lowest BCUT2D eigenvalue weighted by molar-refractivity contribution is -0.128. The van der Waals surface area contributed by atoms with Gasteiger partial charge in [-0.05, 0) is 0 Å². The standard InChI is InChI=1S/C10H13N3O3/c1-8(14)12-4-2-9(6-12)16-10(15)13-5-3-11-7-13/h3,5,7,9H,2,4,6H2,1H3. The summed E-state index contributed by atoms with van der Waals surface area (Å²) in [5.41, 5.74) is 0. The predicted octanol–water partition coefficient (Wildman–Crippen LogP) is 0.489. The Morgan fingerprint density at radius 1 is 1.50 bits per heavy atom. The molecule has 0 saturated carbocycles. The SMILES string of the molecule is CC(=O)N1CCC(OC(=O)n2ccnc2)C1. The fraction of sp³-hybridized carbons (Fsp3) is 0.500. The van der Waals surface area contributed by atoms with Crippen LogP contribution in [-0.4, -0.2) is 45.6 Å². The van der Waals surface area contributed by atoms with E-state index in [2.05, 4.69) is 4.98 Å². The Balaban J connectivity index is 1.88. The average molecular weight is 223 g/mol. The molecule has 0 aromatic carbocycles. The third-order valence-corrected chi connectivity index (χ3v) is 2.57. The summed E-state index contributed by atoms with van der Waals surface area (Å²) < 4.78 is 6.50. The summed E-state index contributed by atoms with van der Waals surface area (Å²) in [5.74, 6) is 0.0150. The number of imidazole rings is 1. The van der Waals surface area contributed by atoms with Crippen LogP contribution in [0.5, 0.6) is 0 Å². The molecule has 1 amide bonds. The van der Waals surface area contributed by atoms with Crippen molar-refractivity contribution < 1.29 is 14.3 Å². The number of hydrogen-bond acceptors (Lipinski definition) is 4. The fourth-order valence-electron chi connectivity index (χ4n) is 1.68. The number of amides is 1. The summed E-state index contributed by atoms with van der Waals surface area (Å²) in [4.78, 5) is 28.0. The van der Waals surface area contributed by atoms with Gasteiger partial charge in [0, 0.05) is 32.3 Å². The minimum Gasteiger partial charge on any atom is -0.444 e. The summed E-state index contributed by atoms with van der Waals surface area (Å²) in [6.45, 7) is 2.65. The fourth-order valence-corrected chi connectivity index (χ4v) is 1.68. The van der Waals surface area contributed by atoms with E-state index in [1.54, 1.807) is 4.90 Å². The number of carbonyl (C=O) groups excluding carboxylic acids is 2. The molecule has 2 heterocycles. The molecule has 2 rings (SSSR count). The van der Waals surface area contributed by atoms with E-state index in [-0.39, 0.29) is 12.0 Å². The van der Waals surface area contributed by atoms with Crippen LogP contribution in [0.2, 0.25) is 0 Å². The molecular formula is C10H13N3O3. The van der Waals surface area contributed by atoms with Gasteiger partial charge < -0.3 is 9.64 Å². The number of rotatable bonds is 1. The Bertz CT molecular complexity index is 388. The number of hydrogen-bond donors (Lipinski definition) is 0. The second kappa shape index (κ2) is 4.34. The lowest BCUT2D eigenvalue weighted by Gasteiger charge is -2.14. The van der Waals surface area contributed by atoms with E-state index in [4.69, 9.17) is 4.74 Å². The van der Waals surface area contributed by atoms with Gasteiger partial charge in [-0.2, -0.15) is 0 Å². The van der Waals surface area contributed by atoms with Gasteiger partial charge >= 0.3 is 6.09 Å². The van der Waals surface area contributed by atoms with E-state index in [1.165, 1.54) is 30.2 Å². The van der Waals surface area contributed by atoms with Gasteiger partial charge in [0.15, 0.2) is 0 Å². The highest BCUT2D eigenvalue weighted by molar-refractivity contribution is 5.74. The van der Waals surface area contributed by atoms with Crippen LogP contribution in [0.3, 0.4) is 0 Å². The Labute approximate surface area is 92.8 Å². The highest BCUT2D eigenvalue weighted by Crippen LogP contribution is 2.13. The molecule has 16 heavy (non-hydrogen) atoms. The molecule has 0 aliphatic carbocycles. The van der Waals surface area contributed by atoms with Gasteiger partial charge in [-0.25, -0.2) is 14.3 Å². The minimum atomic E-state index is -0.451. The monoisotopic (exact) mass is 223 g/mol. The van der Waals surface area contributed by atoms with E-state index in [0.717, 1.165) is 0 Å². The highest BCUT2D eigenvalue weighted by Gasteiger charge is 2.27. The normalized spacial score (nSPS) is 19.8. The van der Waals surface area contributed by atoms with E-state index in [9.17, 15) is 9.59 Å². The van der Waals surface area contributed by atoms with Crippen molar-refractivity contribution in [2.24, 2.45) is 0 Å². The molecule has 86 valence electrons. The van der Waals surface area contributed by atoms with E-state index in [1.807, 2.05) is 0 Å². The maximum Gasteiger partial charge on any atom is 0.419 e. The van der Waals surface area contributed by atoms with E-state index < -0.39 is 6.09 Å². The molecule has 1 aromatic heterocycles. The van der Waals surface area contributed by atoms with Crippen molar-refractivity contribution in [3.8, 4) is 0 Å². The molecule has 1 aromatic rings. The van der Waals surface area contributed by atoms with Gasteiger partial charge in [-0.3, -0.25) is 4.79 Å². The van der Waals surface area contributed by atoms with Crippen LogP contribution in [0.25, 0.3) is 0 Å². The number of ether oxygens (including phenoxy) is 1. The lowest BCUT2D eigenvalue weighted by Crippen LogP contribution is -2.29. The first-order valence-corrected chi connectivity index (χ1v) is 5.11. The zero-order valence-electron chi connectivity index (χ0n) is 9.00. The van der Waals surface area contributed by atoms with Crippen molar-refractivity contribution in [3.63, 3.8) is 0 Å². The van der Waals surface area contributed by atoms with Crippen molar-refractivity contribution in [1.82, 2.24) is 14.5 Å². The van der Waals surface area contributed by atoms with Crippen LogP contribution in [0.1, 0.15) is 13.3 Å². The topological polar surface area (TPSA) is 64.4 Å². The molecule has 6 heteroatoms. The Morgan fingerprint density at radius 3 is 2.88 bits per heavy atom. The zero-order chi connectivity index (χ0) is 11.5. The Kier molecular flexibility index (Phi) is 2.89. The maximum absolute atomic E-state index is 11.5. The van der Waals surface area contributed by atoms with Crippen LogP contribution in [-0.2, 0) is 9.53 Å². The second-order valence-corrected chi connectivity index (χ2v) is 3.73. The predicted molar refractivity (Wildman–Crippen MR) is 54.8 cm³/mol. The summed E-state index contributed by atoms with van der Waals surface area (Å²) in [6.07, 6.45) is 4.46. The quantitative estimate of drug-likeness (QED) is 0.695. The molecular weight excluding hydrogens is 210 g/mol. The summed E-state index contributed by atoms with van der Waals surface area (Å²) in [5, 5.41) is 0. The van der Waals surface area contributed by atoms with E-state index in [0.29, 0.717) is 19.5 Å². The molecule has 1 atom stereocenters. The van der Waals surface area contributed by atoms with Gasteiger partial charge in [0.2, 0.25) is 5.91 Å². The molecule has 6 nitrogen and oxygen atoms in total. The van der Waals surface area contributed by atoms with Gasteiger partial charge in [0.1, 0.15) is 12.4 Å². The number of likely N-dealkylation sites (tertiary alicyclic amines) is 1. The third kappa shape index (κ3) is 2.21. The van der Waals surface area contributed by atoms with Crippen LogP contribution < -0.4 is 0 Å². The minimum absolute atomic E-state index is 0.0150. The summed E-state index contributed by atoms with van der Waals surface area (Å²) >= 11 is 0. The summed E-state index contributed by atoms with van der Waals surface area (Å²) in [7, 11) is 0. The van der Waals surface area contributed by atoms with Gasteiger partial charge in [-0.1, -0.05) is 0 Å².